The van der Waals surface area contributed by atoms with Gasteiger partial charge in [0.05, 0.1) is 5.54 Å². The number of nitrogens with two attached hydrogens (primary N) is 1. The molecule has 0 saturated heterocycles. The van der Waals surface area contributed by atoms with Gasteiger partial charge in [-0.15, -0.1) is 0 Å². The minimum absolute atomic E-state index is 0.0244. The third-order valence-corrected chi connectivity index (χ3v) is 2.85. The Morgan fingerprint density at radius 3 is 2.31 bits per heavy atom. The van der Waals surface area contributed by atoms with Crippen molar-refractivity contribution >= 4 is 11.6 Å². The van der Waals surface area contributed by atoms with Crippen molar-refractivity contribution in [2.24, 2.45) is 5.73 Å². The second-order valence-corrected chi connectivity index (χ2v) is 4.16. The number of likely N-dealkylation sites (N-methyl/N-ethyl adjacent to an activating group) is 1. The highest BCUT2D eigenvalue weighted by Gasteiger charge is 2.30. The van der Waals surface area contributed by atoms with Gasteiger partial charge in [0.15, 0.2) is 0 Å². The molecule has 0 spiro atoms. The normalized spacial score (nSPS) is 14.2. The molecule has 88 valence electrons. The van der Waals surface area contributed by atoms with Gasteiger partial charge < -0.3 is 10.6 Å². The first-order chi connectivity index (χ1) is 7.53. The third-order valence-electron chi connectivity index (χ3n) is 2.85. The first-order valence-corrected chi connectivity index (χ1v) is 5.68. The predicted octanol–water partition coefficient (Wildman–Crippen LogP) is 2.17. The van der Waals surface area contributed by atoms with E-state index in [9.17, 15) is 4.79 Å². The molecule has 0 aliphatic carbocycles. The molecule has 2 N–H and O–H groups in total. The van der Waals surface area contributed by atoms with Crippen LogP contribution in [0.3, 0.4) is 0 Å². The molecule has 1 rings (SSSR count). The maximum atomic E-state index is 12.2. The second-order valence-electron chi connectivity index (χ2n) is 4.16. The molecule has 16 heavy (non-hydrogen) atoms. The van der Waals surface area contributed by atoms with Crippen LogP contribution in [0.4, 0.5) is 5.69 Å². The van der Waals surface area contributed by atoms with Crippen molar-refractivity contribution in [3.05, 3.63) is 30.3 Å². The molecular formula is C13H20N2O. The molecule has 0 bridgehead atoms. The van der Waals surface area contributed by atoms with E-state index in [1.807, 2.05) is 44.2 Å². The van der Waals surface area contributed by atoms with E-state index >= 15 is 0 Å². The molecule has 0 aliphatic heterocycles. The summed E-state index contributed by atoms with van der Waals surface area (Å²) >= 11 is 0. The molecule has 1 atom stereocenters. The van der Waals surface area contributed by atoms with E-state index in [2.05, 4.69) is 0 Å². The van der Waals surface area contributed by atoms with Gasteiger partial charge in [0.25, 0.3) is 0 Å². The average molecular weight is 220 g/mol. The monoisotopic (exact) mass is 220 g/mol. The van der Waals surface area contributed by atoms with Gasteiger partial charge in [-0.25, -0.2) is 0 Å². The van der Waals surface area contributed by atoms with Crippen LogP contribution in [0.2, 0.25) is 0 Å². The highest BCUT2D eigenvalue weighted by molar-refractivity contribution is 5.99. The van der Waals surface area contributed by atoms with Crippen LogP contribution in [0, 0.1) is 0 Å². The van der Waals surface area contributed by atoms with Crippen molar-refractivity contribution in [3.8, 4) is 0 Å². The first-order valence-electron chi connectivity index (χ1n) is 5.68. The van der Waals surface area contributed by atoms with E-state index in [1.165, 1.54) is 0 Å². The van der Waals surface area contributed by atoms with Crippen molar-refractivity contribution in [3.63, 3.8) is 0 Å². The largest absolute Gasteiger partial charge is 0.318 e. The van der Waals surface area contributed by atoms with Crippen LogP contribution in [0.25, 0.3) is 0 Å². The van der Waals surface area contributed by atoms with Gasteiger partial charge in [0.1, 0.15) is 0 Å². The lowest BCUT2D eigenvalue weighted by Gasteiger charge is -2.30. The van der Waals surface area contributed by atoms with Crippen molar-refractivity contribution in [1.82, 2.24) is 0 Å². The number of rotatable bonds is 4. The molecule has 3 heteroatoms. The third kappa shape index (κ3) is 2.61. The van der Waals surface area contributed by atoms with E-state index in [0.717, 1.165) is 5.69 Å². The highest BCUT2D eigenvalue weighted by atomic mass is 16.2. The Labute approximate surface area is 97.2 Å². The van der Waals surface area contributed by atoms with E-state index in [-0.39, 0.29) is 5.91 Å². The van der Waals surface area contributed by atoms with Gasteiger partial charge >= 0.3 is 0 Å². The van der Waals surface area contributed by atoms with Crippen LogP contribution in [0.1, 0.15) is 27.2 Å². The van der Waals surface area contributed by atoms with E-state index in [4.69, 9.17) is 5.73 Å². The summed E-state index contributed by atoms with van der Waals surface area (Å²) in [5, 5.41) is 0. The predicted molar refractivity (Wildman–Crippen MR) is 67.4 cm³/mol. The van der Waals surface area contributed by atoms with Gasteiger partial charge in [-0.1, -0.05) is 25.1 Å². The van der Waals surface area contributed by atoms with E-state index in [0.29, 0.717) is 13.0 Å². The minimum atomic E-state index is -0.786. The fourth-order valence-corrected chi connectivity index (χ4v) is 1.51. The van der Waals surface area contributed by atoms with Gasteiger partial charge in [0.2, 0.25) is 5.91 Å². The number of carbonyl (C=O) groups excluding carboxylic acids is 1. The lowest BCUT2D eigenvalue weighted by molar-refractivity contribution is -0.123. The number of para-hydroxylation sites is 1. The SMILES string of the molecule is CCN(C(=O)C(C)(N)CC)c1ccccc1. The number of nitrogens with zero attached hydrogens (tertiary/aromatic N) is 1. The van der Waals surface area contributed by atoms with Crippen molar-refractivity contribution in [1.29, 1.82) is 0 Å². The minimum Gasteiger partial charge on any atom is -0.318 e. The number of hydrogen-bond donors (Lipinski definition) is 1. The van der Waals surface area contributed by atoms with Gasteiger partial charge in [-0.3, -0.25) is 4.79 Å². The molecule has 0 saturated carbocycles. The smallest absolute Gasteiger partial charge is 0.246 e. The number of benzene rings is 1. The first kappa shape index (κ1) is 12.7. The van der Waals surface area contributed by atoms with Crippen molar-refractivity contribution < 1.29 is 4.79 Å². The molecule has 0 heterocycles. The van der Waals surface area contributed by atoms with Crippen LogP contribution in [-0.2, 0) is 4.79 Å². The van der Waals surface area contributed by atoms with Crippen LogP contribution < -0.4 is 10.6 Å². The van der Waals surface area contributed by atoms with Crippen LogP contribution >= 0.6 is 0 Å². The number of hydrogen-bond acceptors (Lipinski definition) is 2. The van der Waals surface area contributed by atoms with Gasteiger partial charge in [0, 0.05) is 12.2 Å². The molecular weight excluding hydrogens is 200 g/mol. The summed E-state index contributed by atoms with van der Waals surface area (Å²) < 4.78 is 0. The Hall–Kier alpha value is -1.35. The van der Waals surface area contributed by atoms with Crippen LogP contribution in [0.5, 0.6) is 0 Å². The van der Waals surface area contributed by atoms with E-state index < -0.39 is 5.54 Å². The zero-order valence-electron chi connectivity index (χ0n) is 10.2. The van der Waals surface area contributed by atoms with Crippen LogP contribution in [-0.4, -0.2) is 18.0 Å². The maximum Gasteiger partial charge on any atom is 0.246 e. The molecule has 1 aromatic carbocycles. The zero-order chi connectivity index (χ0) is 12.2. The fraction of sp³-hybridized carbons (Fsp3) is 0.462. The summed E-state index contributed by atoms with van der Waals surface area (Å²) in [6, 6.07) is 9.62. The molecule has 0 radical (unpaired) electrons. The Kier molecular flexibility index (Phi) is 4.07. The van der Waals surface area contributed by atoms with Gasteiger partial charge in [-0.05, 0) is 32.4 Å². The molecule has 0 fully saturated rings. The van der Waals surface area contributed by atoms with Crippen LogP contribution in [0.15, 0.2) is 30.3 Å². The highest BCUT2D eigenvalue weighted by Crippen LogP contribution is 2.18. The Morgan fingerprint density at radius 2 is 1.88 bits per heavy atom. The molecule has 0 aromatic heterocycles. The average Bonchev–Trinajstić information content (AvgIpc) is 2.31. The standard InChI is InChI=1S/C13H20N2O/c1-4-13(3,14)12(16)15(5-2)11-9-7-6-8-10-11/h6-10H,4-5,14H2,1-3H3. The second kappa shape index (κ2) is 5.12. The topological polar surface area (TPSA) is 46.3 Å². The molecule has 1 aromatic rings. The summed E-state index contributed by atoms with van der Waals surface area (Å²) in [4.78, 5) is 14.0. The molecule has 1 unspecified atom stereocenters. The fourth-order valence-electron chi connectivity index (χ4n) is 1.51. The summed E-state index contributed by atoms with van der Waals surface area (Å²) in [7, 11) is 0. The Bertz CT molecular complexity index is 346. The summed E-state index contributed by atoms with van der Waals surface area (Å²) in [5.41, 5.74) is 6.10. The molecule has 0 aliphatic rings. The van der Waals surface area contributed by atoms with Crippen molar-refractivity contribution in [2.45, 2.75) is 32.7 Å². The number of carbonyl (C=O) groups is 1. The summed E-state index contributed by atoms with van der Waals surface area (Å²) in [6.07, 6.45) is 0.634. The number of anilines is 1. The van der Waals surface area contributed by atoms with Crippen molar-refractivity contribution in [2.75, 3.05) is 11.4 Å². The summed E-state index contributed by atoms with van der Waals surface area (Å²) in [5.74, 6) is -0.0244. The lowest BCUT2D eigenvalue weighted by atomic mass is 9.98. The quantitative estimate of drug-likeness (QED) is 0.845. The zero-order valence-corrected chi connectivity index (χ0v) is 10.2. The van der Waals surface area contributed by atoms with E-state index in [1.54, 1.807) is 11.8 Å². The Balaban J connectivity index is 2.96. The summed E-state index contributed by atoms with van der Waals surface area (Å²) in [6.45, 7) is 6.30. The molecule has 3 nitrogen and oxygen atoms in total. The number of amides is 1. The molecule has 1 amide bonds. The van der Waals surface area contributed by atoms with Gasteiger partial charge in [-0.2, -0.15) is 0 Å². The maximum absolute atomic E-state index is 12.2. The lowest BCUT2D eigenvalue weighted by Crippen LogP contribution is -2.53. The Morgan fingerprint density at radius 1 is 1.31 bits per heavy atom.